The molecule has 4 nitrogen and oxygen atoms in total. The summed E-state index contributed by atoms with van der Waals surface area (Å²) < 4.78 is 0. The van der Waals surface area contributed by atoms with E-state index in [1.165, 1.54) is 0 Å². The number of nitrogens with two attached hydrogens (primary N) is 1. The molecule has 1 aromatic heterocycles. The van der Waals surface area contributed by atoms with Crippen molar-refractivity contribution in [2.24, 2.45) is 5.73 Å². The van der Waals surface area contributed by atoms with Gasteiger partial charge in [-0.05, 0) is 25.0 Å². The van der Waals surface area contributed by atoms with Gasteiger partial charge in [0.25, 0.3) is 0 Å². The van der Waals surface area contributed by atoms with Crippen molar-refractivity contribution in [2.75, 3.05) is 0 Å². The first kappa shape index (κ1) is 9.02. The molecule has 0 bridgehead atoms. The van der Waals surface area contributed by atoms with E-state index >= 15 is 0 Å². The second-order valence-electron chi connectivity index (χ2n) is 3.62. The Bertz CT molecular complexity index is 448. The van der Waals surface area contributed by atoms with Crippen LogP contribution in [0.25, 0.3) is 10.9 Å². The number of rotatable bonds is 2. The number of aromatic hydroxyl groups is 1. The molecular formula is C10H13N3O. The fourth-order valence-corrected chi connectivity index (χ4v) is 1.54. The zero-order valence-corrected chi connectivity index (χ0v) is 7.99. The van der Waals surface area contributed by atoms with Gasteiger partial charge < -0.3 is 10.8 Å². The molecule has 0 radical (unpaired) electrons. The summed E-state index contributed by atoms with van der Waals surface area (Å²) >= 11 is 0. The first-order valence-corrected chi connectivity index (χ1v) is 4.57. The molecule has 1 aromatic carbocycles. The van der Waals surface area contributed by atoms with E-state index in [0.29, 0.717) is 6.42 Å². The highest BCUT2D eigenvalue weighted by Crippen LogP contribution is 2.24. The SMILES string of the molecule is CC(N)Cc1cc2cn[nH]c2cc1O. The third kappa shape index (κ3) is 1.56. The van der Waals surface area contributed by atoms with Gasteiger partial charge in [0, 0.05) is 17.5 Å². The number of nitrogens with one attached hydrogen (secondary N) is 1. The van der Waals surface area contributed by atoms with Crippen molar-refractivity contribution in [2.45, 2.75) is 19.4 Å². The molecule has 2 rings (SSSR count). The Hall–Kier alpha value is -1.55. The van der Waals surface area contributed by atoms with Crippen LogP contribution < -0.4 is 5.73 Å². The first-order valence-electron chi connectivity index (χ1n) is 4.57. The smallest absolute Gasteiger partial charge is 0.120 e. The number of aromatic amines is 1. The van der Waals surface area contributed by atoms with Gasteiger partial charge in [0.15, 0.2) is 0 Å². The summed E-state index contributed by atoms with van der Waals surface area (Å²) in [6.45, 7) is 1.92. The lowest BCUT2D eigenvalue weighted by atomic mass is 10.0. The van der Waals surface area contributed by atoms with Crippen molar-refractivity contribution in [3.63, 3.8) is 0 Å². The molecule has 0 aliphatic heterocycles. The predicted molar refractivity (Wildman–Crippen MR) is 55.1 cm³/mol. The van der Waals surface area contributed by atoms with Crippen molar-refractivity contribution in [1.82, 2.24) is 10.2 Å². The van der Waals surface area contributed by atoms with E-state index in [-0.39, 0.29) is 11.8 Å². The van der Waals surface area contributed by atoms with Crippen LogP contribution in [0.4, 0.5) is 0 Å². The number of hydrogen-bond donors (Lipinski definition) is 3. The summed E-state index contributed by atoms with van der Waals surface area (Å²) in [5, 5.41) is 17.4. The maximum Gasteiger partial charge on any atom is 0.120 e. The fraction of sp³-hybridized carbons (Fsp3) is 0.300. The van der Waals surface area contributed by atoms with Gasteiger partial charge in [0.2, 0.25) is 0 Å². The monoisotopic (exact) mass is 191 g/mol. The lowest BCUT2D eigenvalue weighted by Crippen LogP contribution is -2.17. The number of fused-ring (bicyclic) bond motifs is 1. The average molecular weight is 191 g/mol. The van der Waals surface area contributed by atoms with Gasteiger partial charge in [0.1, 0.15) is 5.75 Å². The summed E-state index contributed by atoms with van der Waals surface area (Å²) in [7, 11) is 0. The second kappa shape index (κ2) is 3.31. The number of benzene rings is 1. The molecule has 4 heteroatoms. The summed E-state index contributed by atoms with van der Waals surface area (Å²) in [4.78, 5) is 0. The van der Waals surface area contributed by atoms with Gasteiger partial charge in [-0.1, -0.05) is 0 Å². The van der Waals surface area contributed by atoms with E-state index in [4.69, 9.17) is 5.73 Å². The summed E-state index contributed by atoms with van der Waals surface area (Å²) in [5.74, 6) is 0.277. The highest BCUT2D eigenvalue weighted by Gasteiger charge is 2.06. The molecule has 0 saturated heterocycles. The van der Waals surface area contributed by atoms with Crippen LogP contribution in [0.15, 0.2) is 18.3 Å². The van der Waals surface area contributed by atoms with Crippen molar-refractivity contribution in [3.8, 4) is 5.75 Å². The van der Waals surface area contributed by atoms with Gasteiger partial charge in [-0.3, -0.25) is 5.10 Å². The van der Waals surface area contributed by atoms with Crippen LogP contribution in [0.3, 0.4) is 0 Å². The third-order valence-electron chi connectivity index (χ3n) is 2.18. The van der Waals surface area contributed by atoms with Crippen LogP contribution in [-0.4, -0.2) is 21.3 Å². The van der Waals surface area contributed by atoms with Gasteiger partial charge in [-0.15, -0.1) is 0 Å². The second-order valence-corrected chi connectivity index (χ2v) is 3.62. The fourth-order valence-electron chi connectivity index (χ4n) is 1.54. The van der Waals surface area contributed by atoms with Crippen LogP contribution >= 0.6 is 0 Å². The van der Waals surface area contributed by atoms with Crippen molar-refractivity contribution < 1.29 is 5.11 Å². The summed E-state index contributed by atoms with van der Waals surface area (Å²) in [6, 6.07) is 3.64. The zero-order chi connectivity index (χ0) is 10.1. The third-order valence-corrected chi connectivity index (χ3v) is 2.18. The minimum atomic E-state index is 0.0465. The number of H-pyrrole nitrogens is 1. The largest absolute Gasteiger partial charge is 0.508 e. The molecule has 1 atom stereocenters. The highest BCUT2D eigenvalue weighted by atomic mass is 16.3. The minimum Gasteiger partial charge on any atom is -0.508 e. The maximum atomic E-state index is 9.67. The molecule has 0 aliphatic rings. The maximum absolute atomic E-state index is 9.67. The Kier molecular flexibility index (Phi) is 2.13. The topological polar surface area (TPSA) is 74.9 Å². The Morgan fingerprint density at radius 3 is 3.07 bits per heavy atom. The van der Waals surface area contributed by atoms with Crippen molar-refractivity contribution >= 4 is 10.9 Å². The zero-order valence-electron chi connectivity index (χ0n) is 7.99. The van der Waals surface area contributed by atoms with Gasteiger partial charge in [0.05, 0.1) is 11.7 Å². The van der Waals surface area contributed by atoms with Gasteiger partial charge in [-0.2, -0.15) is 5.10 Å². The molecule has 2 aromatic rings. The molecule has 1 heterocycles. The lowest BCUT2D eigenvalue weighted by Gasteiger charge is -2.07. The number of phenols is 1. The van der Waals surface area contributed by atoms with E-state index in [9.17, 15) is 5.11 Å². The Labute approximate surface area is 81.7 Å². The van der Waals surface area contributed by atoms with Crippen molar-refractivity contribution in [3.05, 3.63) is 23.9 Å². The number of nitrogens with zero attached hydrogens (tertiary/aromatic N) is 1. The molecule has 4 N–H and O–H groups in total. The molecule has 0 aliphatic carbocycles. The van der Waals surface area contributed by atoms with Crippen LogP contribution in [0.2, 0.25) is 0 Å². The predicted octanol–water partition coefficient (Wildman–Crippen LogP) is 1.16. The molecule has 14 heavy (non-hydrogen) atoms. The van der Waals surface area contributed by atoms with Gasteiger partial charge in [-0.25, -0.2) is 0 Å². The average Bonchev–Trinajstić information content (AvgIpc) is 2.51. The van der Waals surface area contributed by atoms with E-state index in [1.54, 1.807) is 12.3 Å². The normalized spacial score (nSPS) is 13.3. The summed E-state index contributed by atoms with van der Waals surface area (Å²) in [6.07, 6.45) is 2.41. The van der Waals surface area contributed by atoms with E-state index in [0.717, 1.165) is 16.5 Å². The Morgan fingerprint density at radius 1 is 1.57 bits per heavy atom. The lowest BCUT2D eigenvalue weighted by molar-refractivity contribution is 0.466. The van der Waals surface area contributed by atoms with E-state index < -0.39 is 0 Å². The van der Waals surface area contributed by atoms with Crippen LogP contribution in [0.1, 0.15) is 12.5 Å². The standard InChI is InChI=1S/C10H13N3O/c1-6(11)2-7-3-8-5-12-13-9(8)4-10(7)14/h3-6,14H,2,11H2,1H3,(H,12,13). The number of hydrogen-bond acceptors (Lipinski definition) is 3. The molecule has 0 saturated carbocycles. The van der Waals surface area contributed by atoms with E-state index in [2.05, 4.69) is 10.2 Å². The molecule has 0 spiro atoms. The molecule has 0 amide bonds. The van der Waals surface area contributed by atoms with Crippen molar-refractivity contribution in [1.29, 1.82) is 0 Å². The quantitative estimate of drug-likeness (QED) is 0.666. The Morgan fingerprint density at radius 2 is 2.36 bits per heavy atom. The molecule has 74 valence electrons. The van der Waals surface area contributed by atoms with E-state index in [1.807, 2.05) is 13.0 Å². The number of phenolic OH excluding ortho intramolecular Hbond substituents is 1. The van der Waals surface area contributed by atoms with Crippen LogP contribution in [0.5, 0.6) is 5.75 Å². The van der Waals surface area contributed by atoms with Gasteiger partial charge >= 0.3 is 0 Å². The first-order chi connectivity index (χ1) is 6.66. The van der Waals surface area contributed by atoms with Crippen LogP contribution in [-0.2, 0) is 6.42 Å². The number of aromatic nitrogens is 2. The highest BCUT2D eigenvalue weighted by molar-refractivity contribution is 5.80. The molecule has 0 fully saturated rings. The Balaban J connectivity index is 2.48. The van der Waals surface area contributed by atoms with Crippen LogP contribution in [0, 0.1) is 0 Å². The summed E-state index contributed by atoms with van der Waals surface area (Å²) in [5.41, 5.74) is 7.39. The minimum absolute atomic E-state index is 0.0465. The molecule has 1 unspecified atom stereocenters. The molecular weight excluding hydrogens is 178 g/mol.